The predicted molar refractivity (Wildman–Crippen MR) is 118 cm³/mol. The SMILES string of the molecule is COc1cccc(CN2CCn3nc(C(=O)Nc4ccc(C(C)C)cc4)cc3C2=O)c1. The molecule has 1 aliphatic rings. The van der Waals surface area contributed by atoms with E-state index in [-0.39, 0.29) is 17.5 Å². The number of hydrogen-bond acceptors (Lipinski definition) is 4. The van der Waals surface area contributed by atoms with Gasteiger partial charge in [-0.1, -0.05) is 38.1 Å². The second-order valence-electron chi connectivity index (χ2n) is 7.95. The van der Waals surface area contributed by atoms with Crippen LogP contribution in [0.15, 0.2) is 54.6 Å². The third kappa shape index (κ3) is 4.45. The van der Waals surface area contributed by atoms with Crippen LogP contribution in [-0.2, 0) is 13.1 Å². The van der Waals surface area contributed by atoms with Crippen LogP contribution in [0.25, 0.3) is 0 Å². The van der Waals surface area contributed by atoms with Crippen molar-refractivity contribution >= 4 is 17.5 Å². The van der Waals surface area contributed by atoms with Crippen molar-refractivity contribution in [3.05, 3.63) is 77.1 Å². The molecule has 1 N–H and O–H groups in total. The molecule has 0 spiro atoms. The number of nitrogens with zero attached hydrogens (tertiary/aromatic N) is 3. The van der Waals surface area contributed by atoms with Gasteiger partial charge in [-0.25, -0.2) is 0 Å². The molecule has 31 heavy (non-hydrogen) atoms. The van der Waals surface area contributed by atoms with E-state index in [1.165, 1.54) is 5.56 Å². The maximum Gasteiger partial charge on any atom is 0.276 e. The monoisotopic (exact) mass is 418 g/mol. The summed E-state index contributed by atoms with van der Waals surface area (Å²) in [6.45, 7) is 5.80. The summed E-state index contributed by atoms with van der Waals surface area (Å²) in [6.07, 6.45) is 0. The summed E-state index contributed by atoms with van der Waals surface area (Å²) in [4.78, 5) is 27.4. The van der Waals surface area contributed by atoms with Crippen LogP contribution in [0.4, 0.5) is 5.69 Å². The quantitative estimate of drug-likeness (QED) is 0.658. The lowest BCUT2D eigenvalue weighted by atomic mass is 10.0. The molecule has 0 saturated heterocycles. The van der Waals surface area contributed by atoms with Crippen molar-refractivity contribution < 1.29 is 14.3 Å². The zero-order valence-corrected chi connectivity index (χ0v) is 18.0. The van der Waals surface area contributed by atoms with E-state index in [0.717, 1.165) is 11.3 Å². The Labute approximate surface area is 181 Å². The Morgan fingerprint density at radius 3 is 2.61 bits per heavy atom. The van der Waals surface area contributed by atoms with Crippen LogP contribution >= 0.6 is 0 Å². The van der Waals surface area contributed by atoms with Gasteiger partial charge in [0, 0.05) is 24.8 Å². The smallest absolute Gasteiger partial charge is 0.276 e. The minimum atomic E-state index is -0.327. The fourth-order valence-electron chi connectivity index (χ4n) is 3.64. The number of carbonyl (C=O) groups excluding carboxylic acids is 2. The van der Waals surface area contributed by atoms with Crippen molar-refractivity contribution in [3.63, 3.8) is 0 Å². The molecule has 0 radical (unpaired) electrons. The van der Waals surface area contributed by atoms with Gasteiger partial charge >= 0.3 is 0 Å². The normalized spacial score (nSPS) is 13.3. The number of benzene rings is 2. The van der Waals surface area contributed by atoms with Gasteiger partial charge < -0.3 is 15.0 Å². The van der Waals surface area contributed by atoms with Gasteiger partial charge in [0.15, 0.2) is 5.69 Å². The molecule has 0 aliphatic carbocycles. The van der Waals surface area contributed by atoms with Crippen molar-refractivity contribution in [2.24, 2.45) is 0 Å². The van der Waals surface area contributed by atoms with Gasteiger partial charge in [-0.15, -0.1) is 0 Å². The van der Waals surface area contributed by atoms with Crippen LogP contribution in [-0.4, -0.2) is 40.1 Å². The molecule has 2 amide bonds. The zero-order valence-electron chi connectivity index (χ0n) is 18.0. The molecular formula is C24H26N4O3. The van der Waals surface area contributed by atoms with Crippen molar-refractivity contribution in [3.8, 4) is 5.75 Å². The highest BCUT2D eigenvalue weighted by atomic mass is 16.5. The number of anilines is 1. The fraction of sp³-hybridized carbons (Fsp3) is 0.292. The van der Waals surface area contributed by atoms with Crippen molar-refractivity contribution in [2.75, 3.05) is 19.0 Å². The average Bonchev–Trinajstić information content (AvgIpc) is 3.22. The maximum absolute atomic E-state index is 13.0. The standard InChI is InChI=1S/C24H26N4O3/c1-16(2)18-7-9-19(10-8-18)25-23(29)21-14-22-24(30)27(11-12-28(22)26-21)15-17-5-4-6-20(13-17)31-3/h4-10,13-14,16H,11-12,15H2,1-3H3,(H,25,29). The minimum Gasteiger partial charge on any atom is -0.497 e. The number of amides is 2. The number of rotatable bonds is 6. The lowest BCUT2D eigenvalue weighted by molar-refractivity contribution is 0.0683. The number of carbonyl (C=O) groups is 2. The Morgan fingerprint density at radius 2 is 1.90 bits per heavy atom. The predicted octanol–water partition coefficient (Wildman–Crippen LogP) is 3.92. The Balaban J connectivity index is 1.46. The maximum atomic E-state index is 13.0. The molecule has 2 heterocycles. The van der Waals surface area contributed by atoms with E-state index in [1.807, 2.05) is 48.5 Å². The van der Waals surface area contributed by atoms with E-state index in [9.17, 15) is 9.59 Å². The van der Waals surface area contributed by atoms with Crippen molar-refractivity contribution in [1.82, 2.24) is 14.7 Å². The summed E-state index contributed by atoms with van der Waals surface area (Å²) in [5.74, 6) is 0.719. The number of aromatic nitrogens is 2. The van der Waals surface area contributed by atoms with Crippen LogP contribution in [0.3, 0.4) is 0 Å². The number of nitrogens with one attached hydrogen (secondary N) is 1. The molecule has 0 fully saturated rings. The van der Waals surface area contributed by atoms with E-state index in [1.54, 1.807) is 22.8 Å². The minimum absolute atomic E-state index is 0.137. The molecule has 3 aromatic rings. The molecule has 7 nitrogen and oxygen atoms in total. The molecule has 1 aliphatic heterocycles. The second kappa shape index (κ2) is 8.63. The molecule has 2 aromatic carbocycles. The molecule has 0 atom stereocenters. The highest BCUT2D eigenvalue weighted by Gasteiger charge is 2.28. The van der Waals surface area contributed by atoms with Crippen LogP contribution < -0.4 is 10.1 Å². The van der Waals surface area contributed by atoms with E-state index in [0.29, 0.717) is 36.9 Å². The third-order valence-corrected chi connectivity index (χ3v) is 5.44. The molecule has 0 unspecified atom stereocenters. The summed E-state index contributed by atoms with van der Waals surface area (Å²) in [5, 5.41) is 7.21. The lowest BCUT2D eigenvalue weighted by Gasteiger charge is -2.27. The summed E-state index contributed by atoms with van der Waals surface area (Å²) < 4.78 is 6.87. The fourth-order valence-corrected chi connectivity index (χ4v) is 3.64. The van der Waals surface area contributed by atoms with Gasteiger partial charge in [-0.2, -0.15) is 5.10 Å². The van der Waals surface area contributed by atoms with Crippen molar-refractivity contribution in [1.29, 1.82) is 0 Å². The van der Waals surface area contributed by atoms with E-state index < -0.39 is 0 Å². The third-order valence-electron chi connectivity index (χ3n) is 5.44. The molecule has 0 bridgehead atoms. The summed E-state index contributed by atoms with van der Waals surface area (Å²) in [7, 11) is 1.62. The Morgan fingerprint density at radius 1 is 1.13 bits per heavy atom. The van der Waals surface area contributed by atoms with Crippen molar-refractivity contribution in [2.45, 2.75) is 32.9 Å². The molecule has 7 heteroatoms. The summed E-state index contributed by atoms with van der Waals surface area (Å²) in [6, 6.07) is 17.0. The molecule has 160 valence electrons. The van der Waals surface area contributed by atoms with Gasteiger partial charge in [0.1, 0.15) is 11.4 Å². The zero-order chi connectivity index (χ0) is 22.0. The molecule has 4 rings (SSSR count). The number of methoxy groups -OCH3 is 1. The van der Waals surface area contributed by atoms with Crippen LogP contribution in [0.5, 0.6) is 5.75 Å². The first-order valence-corrected chi connectivity index (χ1v) is 10.4. The Hall–Kier alpha value is -3.61. The summed E-state index contributed by atoms with van der Waals surface area (Å²) >= 11 is 0. The topological polar surface area (TPSA) is 76.5 Å². The van der Waals surface area contributed by atoms with Gasteiger partial charge in [-0.3, -0.25) is 14.3 Å². The molecular weight excluding hydrogens is 392 g/mol. The highest BCUT2D eigenvalue weighted by Crippen LogP contribution is 2.21. The lowest BCUT2D eigenvalue weighted by Crippen LogP contribution is -2.39. The first-order chi connectivity index (χ1) is 14.9. The van der Waals surface area contributed by atoms with E-state index >= 15 is 0 Å². The highest BCUT2D eigenvalue weighted by molar-refractivity contribution is 6.04. The number of hydrogen-bond donors (Lipinski definition) is 1. The van der Waals surface area contributed by atoms with E-state index in [4.69, 9.17) is 4.74 Å². The first-order valence-electron chi connectivity index (χ1n) is 10.4. The van der Waals surface area contributed by atoms with Gasteiger partial charge in [0.05, 0.1) is 13.7 Å². The van der Waals surface area contributed by atoms with Crippen LogP contribution in [0.1, 0.15) is 51.9 Å². The number of ether oxygens (including phenoxy) is 1. The average molecular weight is 418 g/mol. The van der Waals surface area contributed by atoms with Gasteiger partial charge in [0.25, 0.3) is 11.8 Å². The Kier molecular flexibility index (Phi) is 5.75. The molecule has 1 aromatic heterocycles. The number of fused-ring (bicyclic) bond motifs is 1. The van der Waals surface area contributed by atoms with Gasteiger partial charge in [0.2, 0.25) is 0 Å². The van der Waals surface area contributed by atoms with Crippen LogP contribution in [0, 0.1) is 0 Å². The Bertz CT molecular complexity index is 1100. The first kappa shape index (κ1) is 20.7. The second-order valence-corrected chi connectivity index (χ2v) is 7.95. The van der Waals surface area contributed by atoms with Gasteiger partial charge in [-0.05, 0) is 41.3 Å². The largest absolute Gasteiger partial charge is 0.497 e. The van der Waals surface area contributed by atoms with Crippen LogP contribution in [0.2, 0.25) is 0 Å². The summed E-state index contributed by atoms with van der Waals surface area (Å²) in [5.41, 5.74) is 3.56. The van der Waals surface area contributed by atoms with E-state index in [2.05, 4.69) is 24.3 Å². The molecule has 0 saturated carbocycles.